The standard InChI is InChI=1S/C13H20N2O2S/c1-8(2)5-15(6-12(14)16)13(17)11-7-18-10(4)9(11)3/h7-8H,5-6H2,1-4H3,(H2,14,16). The molecule has 2 N–H and O–H groups in total. The molecule has 18 heavy (non-hydrogen) atoms. The van der Waals surface area contributed by atoms with Gasteiger partial charge in [-0.2, -0.15) is 0 Å². The Bertz CT molecular complexity index is 452. The zero-order valence-corrected chi connectivity index (χ0v) is 12.1. The van der Waals surface area contributed by atoms with Crippen LogP contribution in [0.4, 0.5) is 0 Å². The number of hydrogen-bond acceptors (Lipinski definition) is 3. The summed E-state index contributed by atoms with van der Waals surface area (Å²) in [5, 5.41) is 1.85. The average molecular weight is 268 g/mol. The van der Waals surface area contributed by atoms with Crippen LogP contribution in [0.25, 0.3) is 0 Å². The Hall–Kier alpha value is -1.36. The highest BCUT2D eigenvalue weighted by Gasteiger charge is 2.21. The molecule has 1 aromatic heterocycles. The number of aryl methyl sites for hydroxylation is 1. The molecule has 0 aliphatic heterocycles. The summed E-state index contributed by atoms with van der Waals surface area (Å²) in [4.78, 5) is 26.1. The minimum Gasteiger partial charge on any atom is -0.368 e. The Morgan fingerprint density at radius 2 is 2.00 bits per heavy atom. The van der Waals surface area contributed by atoms with Gasteiger partial charge in [0.2, 0.25) is 5.91 Å². The number of primary amides is 1. The largest absolute Gasteiger partial charge is 0.368 e. The number of rotatable bonds is 5. The molecule has 2 amide bonds. The second-order valence-electron chi connectivity index (χ2n) is 4.88. The van der Waals surface area contributed by atoms with Crippen LogP contribution in [0.1, 0.15) is 34.6 Å². The van der Waals surface area contributed by atoms with E-state index < -0.39 is 5.91 Å². The third-order valence-electron chi connectivity index (χ3n) is 2.74. The molecule has 0 aromatic carbocycles. The molecule has 5 heteroatoms. The number of nitrogens with two attached hydrogens (primary N) is 1. The Balaban J connectivity index is 2.94. The molecule has 1 aromatic rings. The molecule has 4 nitrogen and oxygen atoms in total. The van der Waals surface area contributed by atoms with E-state index in [-0.39, 0.29) is 12.5 Å². The molecule has 0 saturated heterocycles. The van der Waals surface area contributed by atoms with E-state index in [9.17, 15) is 9.59 Å². The van der Waals surface area contributed by atoms with Crippen LogP contribution in [0.2, 0.25) is 0 Å². The van der Waals surface area contributed by atoms with E-state index in [0.29, 0.717) is 18.0 Å². The van der Waals surface area contributed by atoms with Crippen LogP contribution in [0, 0.1) is 19.8 Å². The third-order valence-corrected chi connectivity index (χ3v) is 3.75. The van der Waals surface area contributed by atoms with Crippen LogP contribution in [-0.4, -0.2) is 29.8 Å². The third kappa shape index (κ3) is 3.57. The zero-order chi connectivity index (χ0) is 13.9. The second kappa shape index (κ2) is 6.00. The highest BCUT2D eigenvalue weighted by atomic mass is 32.1. The van der Waals surface area contributed by atoms with Gasteiger partial charge in [-0.15, -0.1) is 11.3 Å². The lowest BCUT2D eigenvalue weighted by Crippen LogP contribution is -2.40. The van der Waals surface area contributed by atoms with Gasteiger partial charge >= 0.3 is 0 Å². The Labute approximate surface area is 112 Å². The maximum Gasteiger partial charge on any atom is 0.255 e. The first kappa shape index (κ1) is 14.7. The first-order valence-corrected chi connectivity index (χ1v) is 6.83. The molecule has 0 fully saturated rings. The fraction of sp³-hybridized carbons (Fsp3) is 0.538. The average Bonchev–Trinajstić information content (AvgIpc) is 2.56. The van der Waals surface area contributed by atoms with Crippen molar-refractivity contribution in [2.75, 3.05) is 13.1 Å². The summed E-state index contributed by atoms with van der Waals surface area (Å²) in [7, 11) is 0. The molecule has 0 radical (unpaired) electrons. The van der Waals surface area contributed by atoms with Crippen molar-refractivity contribution in [1.29, 1.82) is 0 Å². The number of nitrogens with zero attached hydrogens (tertiary/aromatic N) is 1. The fourth-order valence-corrected chi connectivity index (χ4v) is 2.60. The van der Waals surface area contributed by atoms with Crippen LogP contribution in [-0.2, 0) is 4.79 Å². The van der Waals surface area contributed by atoms with Crippen LogP contribution >= 0.6 is 11.3 Å². The number of carbonyl (C=O) groups excluding carboxylic acids is 2. The molecule has 0 atom stereocenters. The van der Waals surface area contributed by atoms with E-state index in [4.69, 9.17) is 5.73 Å². The molecule has 0 aliphatic carbocycles. The molecule has 1 rings (SSSR count). The minimum absolute atomic E-state index is 0.0225. The molecule has 0 bridgehead atoms. The van der Waals surface area contributed by atoms with Gasteiger partial charge in [-0.25, -0.2) is 0 Å². The summed E-state index contributed by atoms with van der Waals surface area (Å²) in [6.07, 6.45) is 0. The summed E-state index contributed by atoms with van der Waals surface area (Å²) < 4.78 is 0. The summed E-state index contributed by atoms with van der Waals surface area (Å²) >= 11 is 1.55. The number of amides is 2. The maximum atomic E-state index is 12.4. The molecule has 0 saturated carbocycles. The highest BCUT2D eigenvalue weighted by molar-refractivity contribution is 7.10. The lowest BCUT2D eigenvalue weighted by atomic mass is 10.1. The highest BCUT2D eigenvalue weighted by Crippen LogP contribution is 2.22. The first-order valence-electron chi connectivity index (χ1n) is 5.95. The fourth-order valence-electron chi connectivity index (χ4n) is 1.74. The predicted molar refractivity (Wildman–Crippen MR) is 73.7 cm³/mol. The number of hydrogen-bond donors (Lipinski definition) is 1. The van der Waals surface area contributed by atoms with Gasteiger partial charge in [0.1, 0.15) is 0 Å². The zero-order valence-electron chi connectivity index (χ0n) is 11.3. The van der Waals surface area contributed by atoms with Crippen LogP contribution < -0.4 is 5.73 Å². The van der Waals surface area contributed by atoms with Gasteiger partial charge in [-0.3, -0.25) is 9.59 Å². The lowest BCUT2D eigenvalue weighted by molar-refractivity contribution is -0.118. The summed E-state index contributed by atoms with van der Waals surface area (Å²) in [5.41, 5.74) is 6.87. The summed E-state index contributed by atoms with van der Waals surface area (Å²) in [6, 6.07) is 0. The molecule has 0 unspecified atom stereocenters. The Morgan fingerprint density at radius 3 is 2.39 bits per heavy atom. The van der Waals surface area contributed by atoms with E-state index in [2.05, 4.69) is 0 Å². The van der Waals surface area contributed by atoms with Crippen molar-refractivity contribution >= 4 is 23.2 Å². The lowest BCUT2D eigenvalue weighted by Gasteiger charge is -2.23. The van der Waals surface area contributed by atoms with Crippen molar-refractivity contribution in [2.24, 2.45) is 11.7 Å². The van der Waals surface area contributed by atoms with Crippen molar-refractivity contribution in [1.82, 2.24) is 4.90 Å². The molecular weight excluding hydrogens is 248 g/mol. The Kier molecular flexibility index (Phi) is 4.90. The smallest absolute Gasteiger partial charge is 0.255 e. The molecule has 0 spiro atoms. The van der Waals surface area contributed by atoms with Gasteiger partial charge in [0, 0.05) is 16.8 Å². The van der Waals surface area contributed by atoms with E-state index in [0.717, 1.165) is 10.4 Å². The SMILES string of the molecule is Cc1scc(C(=O)N(CC(N)=O)CC(C)C)c1C. The monoisotopic (exact) mass is 268 g/mol. The van der Waals surface area contributed by atoms with Gasteiger partial charge in [0.05, 0.1) is 12.1 Å². The van der Waals surface area contributed by atoms with Crippen molar-refractivity contribution in [2.45, 2.75) is 27.7 Å². The minimum atomic E-state index is -0.478. The molecule has 0 aliphatic rings. The Morgan fingerprint density at radius 1 is 1.39 bits per heavy atom. The van der Waals surface area contributed by atoms with Gasteiger partial charge in [-0.05, 0) is 25.3 Å². The van der Waals surface area contributed by atoms with Crippen molar-refractivity contribution in [3.8, 4) is 0 Å². The van der Waals surface area contributed by atoms with E-state index >= 15 is 0 Å². The van der Waals surface area contributed by atoms with Crippen LogP contribution in [0.15, 0.2) is 5.38 Å². The second-order valence-corrected chi connectivity index (χ2v) is 5.96. The van der Waals surface area contributed by atoms with E-state index in [1.54, 1.807) is 11.3 Å². The van der Waals surface area contributed by atoms with Crippen molar-refractivity contribution < 1.29 is 9.59 Å². The molecule has 1 heterocycles. The van der Waals surface area contributed by atoms with E-state index in [1.165, 1.54) is 4.90 Å². The summed E-state index contributed by atoms with van der Waals surface area (Å²) in [6.45, 7) is 8.44. The van der Waals surface area contributed by atoms with Crippen LogP contribution in [0.5, 0.6) is 0 Å². The quantitative estimate of drug-likeness (QED) is 0.887. The first-order chi connectivity index (χ1) is 8.32. The van der Waals surface area contributed by atoms with Crippen molar-refractivity contribution in [3.05, 3.63) is 21.4 Å². The summed E-state index contributed by atoms with van der Waals surface area (Å²) in [5.74, 6) is -0.286. The van der Waals surface area contributed by atoms with Gasteiger partial charge < -0.3 is 10.6 Å². The number of carbonyl (C=O) groups is 2. The van der Waals surface area contributed by atoms with E-state index in [1.807, 2.05) is 33.1 Å². The van der Waals surface area contributed by atoms with Gasteiger partial charge in [0.15, 0.2) is 0 Å². The molecular formula is C13H20N2O2S. The normalized spacial score (nSPS) is 10.7. The maximum absolute atomic E-state index is 12.4. The van der Waals surface area contributed by atoms with Crippen molar-refractivity contribution in [3.63, 3.8) is 0 Å². The van der Waals surface area contributed by atoms with Gasteiger partial charge in [0.25, 0.3) is 5.91 Å². The van der Waals surface area contributed by atoms with Gasteiger partial charge in [-0.1, -0.05) is 13.8 Å². The number of thiophene rings is 1. The molecule has 100 valence electrons. The van der Waals surface area contributed by atoms with Crippen LogP contribution in [0.3, 0.4) is 0 Å². The topological polar surface area (TPSA) is 63.4 Å². The predicted octanol–water partition coefficient (Wildman–Crippen LogP) is 1.95.